The second-order valence-electron chi connectivity index (χ2n) is 4.55. The summed E-state index contributed by atoms with van der Waals surface area (Å²) in [6, 6.07) is 6.78. The van der Waals surface area contributed by atoms with E-state index in [1.807, 2.05) is 0 Å². The first-order chi connectivity index (χ1) is 9.58. The molecule has 2 aromatic heterocycles. The molecule has 0 amide bonds. The van der Waals surface area contributed by atoms with E-state index < -0.39 is 0 Å². The van der Waals surface area contributed by atoms with Crippen molar-refractivity contribution in [1.82, 2.24) is 9.55 Å². The van der Waals surface area contributed by atoms with Crippen LogP contribution < -0.4 is 5.56 Å². The average molecular weight is 287 g/mol. The van der Waals surface area contributed by atoms with Crippen LogP contribution in [0.15, 0.2) is 47.7 Å². The van der Waals surface area contributed by atoms with Crippen LogP contribution in [-0.2, 0) is 7.05 Å². The molecule has 0 aliphatic heterocycles. The fourth-order valence-electron chi connectivity index (χ4n) is 2.22. The average Bonchev–Trinajstić information content (AvgIpc) is 2.46. The van der Waals surface area contributed by atoms with Gasteiger partial charge in [0.05, 0.1) is 10.4 Å². The van der Waals surface area contributed by atoms with Crippen molar-refractivity contribution < 1.29 is 5.11 Å². The van der Waals surface area contributed by atoms with Gasteiger partial charge in [0.15, 0.2) is 0 Å². The molecule has 0 saturated heterocycles. The Hall–Kier alpha value is -2.33. The third kappa shape index (κ3) is 1.94. The van der Waals surface area contributed by atoms with Gasteiger partial charge in [-0.2, -0.15) is 0 Å². The quantitative estimate of drug-likeness (QED) is 0.748. The van der Waals surface area contributed by atoms with Gasteiger partial charge in [-0.1, -0.05) is 17.7 Å². The molecule has 0 saturated carbocycles. The first-order valence-electron chi connectivity index (χ1n) is 6.00. The first kappa shape index (κ1) is 12.7. The minimum absolute atomic E-state index is 0.0335. The molecule has 5 heteroatoms. The van der Waals surface area contributed by atoms with E-state index in [0.29, 0.717) is 5.39 Å². The number of hydrogen-bond acceptors (Lipinski definition) is 3. The zero-order chi connectivity index (χ0) is 14.3. The monoisotopic (exact) mass is 286 g/mol. The molecule has 3 aromatic rings. The number of aromatic hydroxyl groups is 1. The maximum Gasteiger partial charge on any atom is 0.259 e. The fraction of sp³-hybridized carbons (Fsp3) is 0.0667. The van der Waals surface area contributed by atoms with E-state index in [-0.39, 0.29) is 16.3 Å². The van der Waals surface area contributed by atoms with Gasteiger partial charge < -0.3 is 9.67 Å². The molecule has 0 radical (unpaired) electrons. The third-order valence-electron chi connectivity index (χ3n) is 3.24. The predicted octanol–water partition coefficient (Wildman–Crippen LogP) is 2.96. The third-order valence-corrected chi connectivity index (χ3v) is 3.55. The summed E-state index contributed by atoms with van der Waals surface area (Å²) in [6.45, 7) is 0. The van der Waals surface area contributed by atoms with E-state index >= 15 is 0 Å². The molecule has 0 aliphatic rings. The maximum atomic E-state index is 12.1. The highest BCUT2D eigenvalue weighted by Crippen LogP contribution is 2.32. The van der Waals surface area contributed by atoms with Crippen molar-refractivity contribution >= 4 is 22.4 Å². The topological polar surface area (TPSA) is 55.1 Å². The van der Waals surface area contributed by atoms with E-state index in [0.717, 1.165) is 16.5 Å². The zero-order valence-electron chi connectivity index (χ0n) is 10.7. The van der Waals surface area contributed by atoms with Crippen LogP contribution in [0.3, 0.4) is 0 Å². The molecule has 0 atom stereocenters. The molecule has 3 rings (SSSR count). The largest absolute Gasteiger partial charge is 0.506 e. The zero-order valence-corrected chi connectivity index (χ0v) is 11.4. The van der Waals surface area contributed by atoms with Crippen LogP contribution in [0.25, 0.3) is 21.9 Å². The van der Waals surface area contributed by atoms with Gasteiger partial charge in [0.1, 0.15) is 5.75 Å². The predicted molar refractivity (Wildman–Crippen MR) is 79.1 cm³/mol. The van der Waals surface area contributed by atoms with Crippen LogP contribution in [0.2, 0.25) is 5.02 Å². The van der Waals surface area contributed by atoms with Crippen LogP contribution in [0.1, 0.15) is 0 Å². The number of fused-ring (bicyclic) bond motifs is 1. The smallest absolute Gasteiger partial charge is 0.259 e. The summed E-state index contributed by atoms with van der Waals surface area (Å²) in [5.74, 6) is 0.0335. The van der Waals surface area contributed by atoms with Gasteiger partial charge in [0.2, 0.25) is 0 Å². The molecule has 20 heavy (non-hydrogen) atoms. The number of aryl methyl sites for hydroxylation is 1. The molecular formula is C15H11ClN2O2. The lowest BCUT2D eigenvalue weighted by atomic mass is 10.0. The van der Waals surface area contributed by atoms with E-state index in [2.05, 4.69) is 4.98 Å². The summed E-state index contributed by atoms with van der Waals surface area (Å²) in [4.78, 5) is 16.1. The Bertz CT molecular complexity index is 871. The van der Waals surface area contributed by atoms with Crippen molar-refractivity contribution in [2.75, 3.05) is 0 Å². The minimum Gasteiger partial charge on any atom is -0.506 e. The summed E-state index contributed by atoms with van der Waals surface area (Å²) in [6.07, 6.45) is 4.96. The number of phenolic OH excluding ortho intramolecular Hbond substituents is 1. The van der Waals surface area contributed by atoms with Gasteiger partial charge in [-0.3, -0.25) is 9.78 Å². The normalized spacial score (nSPS) is 10.9. The molecule has 1 N–H and O–H groups in total. The van der Waals surface area contributed by atoms with Crippen LogP contribution in [0.4, 0.5) is 0 Å². The van der Waals surface area contributed by atoms with Gasteiger partial charge >= 0.3 is 0 Å². The first-order valence-corrected chi connectivity index (χ1v) is 6.38. The molecule has 0 unspecified atom stereocenters. The molecule has 2 heterocycles. The Kier molecular flexibility index (Phi) is 2.95. The standard InChI is InChI=1S/C15H11ClN2O2/c1-18-8-12(9-2-3-14(19)13(16)6-9)10-4-5-17-7-11(10)15(18)20/h2-8,19H,1H3. The van der Waals surface area contributed by atoms with Crippen molar-refractivity contribution in [1.29, 1.82) is 0 Å². The van der Waals surface area contributed by atoms with Crippen LogP contribution >= 0.6 is 11.6 Å². The summed E-state index contributed by atoms with van der Waals surface area (Å²) in [7, 11) is 1.69. The Balaban J connectivity index is 2.39. The van der Waals surface area contributed by atoms with Crippen molar-refractivity contribution in [3.8, 4) is 16.9 Å². The highest BCUT2D eigenvalue weighted by molar-refractivity contribution is 6.32. The Labute approximate surface area is 119 Å². The van der Waals surface area contributed by atoms with Gasteiger partial charge in [0, 0.05) is 31.2 Å². The highest BCUT2D eigenvalue weighted by Gasteiger charge is 2.10. The Morgan fingerprint density at radius 2 is 2.05 bits per heavy atom. The van der Waals surface area contributed by atoms with Crippen molar-refractivity contribution in [3.05, 3.63) is 58.2 Å². The number of rotatable bonds is 1. The summed E-state index contributed by atoms with van der Waals surface area (Å²) in [5, 5.41) is 11.1. The lowest BCUT2D eigenvalue weighted by Crippen LogP contribution is -2.16. The number of phenols is 1. The second-order valence-corrected chi connectivity index (χ2v) is 4.95. The minimum atomic E-state index is -0.0956. The number of aromatic nitrogens is 2. The summed E-state index contributed by atoms with van der Waals surface area (Å²) >= 11 is 5.96. The molecule has 0 aliphatic carbocycles. The van der Waals surface area contributed by atoms with Gasteiger partial charge in [-0.15, -0.1) is 0 Å². The second kappa shape index (κ2) is 4.65. The molecule has 0 fully saturated rings. The van der Waals surface area contributed by atoms with Crippen LogP contribution in [0.5, 0.6) is 5.75 Å². The number of hydrogen-bond donors (Lipinski definition) is 1. The van der Waals surface area contributed by atoms with E-state index in [1.54, 1.807) is 43.8 Å². The van der Waals surface area contributed by atoms with E-state index in [9.17, 15) is 9.90 Å². The number of nitrogens with zero attached hydrogens (tertiary/aromatic N) is 2. The Morgan fingerprint density at radius 1 is 1.25 bits per heavy atom. The SMILES string of the molecule is Cn1cc(-c2ccc(O)c(Cl)c2)c2ccncc2c1=O. The number of halogens is 1. The fourth-order valence-corrected chi connectivity index (χ4v) is 2.40. The molecule has 0 bridgehead atoms. The van der Waals surface area contributed by atoms with Gasteiger partial charge in [0.25, 0.3) is 5.56 Å². The van der Waals surface area contributed by atoms with Crippen LogP contribution in [0, 0.1) is 0 Å². The molecule has 0 spiro atoms. The number of benzene rings is 1. The molecule has 100 valence electrons. The molecule has 1 aromatic carbocycles. The van der Waals surface area contributed by atoms with E-state index in [1.165, 1.54) is 10.6 Å². The van der Waals surface area contributed by atoms with E-state index in [4.69, 9.17) is 11.6 Å². The Morgan fingerprint density at radius 3 is 2.80 bits per heavy atom. The summed E-state index contributed by atoms with van der Waals surface area (Å²) in [5.41, 5.74) is 1.60. The number of pyridine rings is 2. The van der Waals surface area contributed by atoms with Crippen LogP contribution in [-0.4, -0.2) is 14.7 Å². The maximum absolute atomic E-state index is 12.1. The lowest BCUT2D eigenvalue weighted by molar-refractivity contribution is 0.475. The highest BCUT2D eigenvalue weighted by atomic mass is 35.5. The molecular weight excluding hydrogens is 276 g/mol. The summed E-state index contributed by atoms with van der Waals surface area (Å²) < 4.78 is 1.51. The van der Waals surface area contributed by atoms with Crippen molar-refractivity contribution in [3.63, 3.8) is 0 Å². The lowest BCUT2D eigenvalue weighted by Gasteiger charge is -2.10. The van der Waals surface area contributed by atoms with Gasteiger partial charge in [-0.25, -0.2) is 0 Å². The van der Waals surface area contributed by atoms with Gasteiger partial charge in [-0.05, 0) is 29.1 Å². The molecule has 4 nitrogen and oxygen atoms in total. The van der Waals surface area contributed by atoms with Crippen molar-refractivity contribution in [2.24, 2.45) is 7.05 Å². The van der Waals surface area contributed by atoms with Crippen molar-refractivity contribution in [2.45, 2.75) is 0 Å².